The Hall–Kier alpha value is -2.14. The molecule has 0 unspecified atom stereocenters. The van der Waals surface area contributed by atoms with Crippen LogP contribution in [-0.4, -0.2) is 22.0 Å². The molecule has 132 valence electrons. The molecule has 0 spiro atoms. The van der Waals surface area contributed by atoms with Crippen molar-refractivity contribution in [3.05, 3.63) is 59.1 Å². The van der Waals surface area contributed by atoms with E-state index >= 15 is 0 Å². The smallest absolute Gasteiger partial charge is 0.315 e. The van der Waals surface area contributed by atoms with Crippen molar-refractivity contribution in [2.24, 2.45) is 5.92 Å². The summed E-state index contributed by atoms with van der Waals surface area (Å²) in [6.07, 6.45) is 10.5. The Morgan fingerprint density at radius 3 is 2.56 bits per heavy atom. The van der Waals surface area contributed by atoms with E-state index in [2.05, 4.69) is 20.6 Å². The van der Waals surface area contributed by atoms with Crippen LogP contribution in [0.5, 0.6) is 0 Å². The highest BCUT2D eigenvalue weighted by Gasteiger charge is 2.22. The quantitative estimate of drug-likeness (QED) is 0.855. The van der Waals surface area contributed by atoms with Gasteiger partial charge in [-0.1, -0.05) is 23.7 Å². The minimum atomic E-state index is -0.104. The van der Waals surface area contributed by atoms with Crippen molar-refractivity contribution in [2.75, 3.05) is 0 Å². The van der Waals surface area contributed by atoms with Crippen molar-refractivity contribution in [3.63, 3.8) is 0 Å². The summed E-state index contributed by atoms with van der Waals surface area (Å²) in [5.74, 6) is 0.631. The van der Waals surface area contributed by atoms with E-state index in [1.165, 1.54) is 0 Å². The van der Waals surface area contributed by atoms with Crippen LogP contribution in [0.25, 0.3) is 0 Å². The molecule has 6 heteroatoms. The van der Waals surface area contributed by atoms with Crippen molar-refractivity contribution in [3.8, 4) is 0 Å². The van der Waals surface area contributed by atoms with Crippen molar-refractivity contribution in [1.82, 2.24) is 20.6 Å². The Kier molecular flexibility index (Phi) is 6.23. The molecule has 0 bridgehead atoms. The Morgan fingerprint density at radius 2 is 1.88 bits per heavy atom. The molecule has 0 saturated heterocycles. The number of aromatic nitrogens is 2. The number of halogens is 1. The fourth-order valence-electron chi connectivity index (χ4n) is 3.26. The number of nitrogens with one attached hydrogen (secondary N) is 2. The van der Waals surface area contributed by atoms with Gasteiger partial charge in [0.1, 0.15) is 0 Å². The molecule has 2 N–H and O–H groups in total. The molecule has 2 aromatic rings. The molecule has 1 aromatic heterocycles. The van der Waals surface area contributed by atoms with Crippen LogP contribution >= 0.6 is 11.6 Å². The first-order chi connectivity index (χ1) is 12.2. The van der Waals surface area contributed by atoms with Gasteiger partial charge in [0.25, 0.3) is 0 Å². The van der Waals surface area contributed by atoms with Gasteiger partial charge in [-0.15, -0.1) is 0 Å². The van der Waals surface area contributed by atoms with Gasteiger partial charge in [0, 0.05) is 36.2 Å². The van der Waals surface area contributed by atoms with Gasteiger partial charge in [-0.05, 0) is 55.7 Å². The van der Waals surface area contributed by atoms with Crippen LogP contribution in [0, 0.1) is 5.92 Å². The lowest BCUT2D eigenvalue weighted by Gasteiger charge is -2.29. The fraction of sp³-hybridized carbons (Fsp3) is 0.421. The minimum absolute atomic E-state index is 0.104. The lowest BCUT2D eigenvalue weighted by atomic mass is 9.83. The van der Waals surface area contributed by atoms with Crippen LogP contribution in [0.3, 0.4) is 0 Å². The number of carbonyl (C=O) groups excluding carboxylic acids is 1. The second-order valence-corrected chi connectivity index (χ2v) is 7.01. The minimum Gasteiger partial charge on any atom is -0.335 e. The topological polar surface area (TPSA) is 66.9 Å². The maximum absolute atomic E-state index is 12.1. The van der Waals surface area contributed by atoms with Crippen LogP contribution < -0.4 is 10.6 Å². The van der Waals surface area contributed by atoms with E-state index < -0.39 is 0 Å². The lowest BCUT2D eigenvalue weighted by Crippen LogP contribution is -2.43. The molecule has 1 fully saturated rings. The lowest BCUT2D eigenvalue weighted by molar-refractivity contribution is 0.226. The summed E-state index contributed by atoms with van der Waals surface area (Å²) >= 11 is 5.86. The second-order valence-electron chi connectivity index (χ2n) is 6.57. The predicted octanol–water partition coefficient (Wildman–Crippen LogP) is 3.73. The number of carbonyl (C=O) groups is 1. The normalized spacial score (nSPS) is 20.0. The number of nitrogens with zero attached hydrogens (tertiary/aromatic N) is 2. The molecule has 2 amide bonds. The Labute approximate surface area is 153 Å². The van der Waals surface area contributed by atoms with E-state index in [9.17, 15) is 4.79 Å². The summed E-state index contributed by atoms with van der Waals surface area (Å²) in [6, 6.07) is 7.64. The molecule has 1 aliphatic carbocycles. The number of amides is 2. The molecule has 1 aliphatic rings. The van der Waals surface area contributed by atoms with Crippen LogP contribution in [0.15, 0.2) is 42.9 Å². The van der Waals surface area contributed by atoms with E-state index in [-0.39, 0.29) is 12.1 Å². The molecule has 1 heterocycles. The first-order valence-corrected chi connectivity index (χ1v) is 9.10. The van der Waals surface area contributed by atoms with Gasteiger partial charge in [0.05, 0.1) is 5.69 Å². The fourth-order valence-corrected chi connectivity index (χ4v) is 3.39. The Morgan fingerprint density at radius 1 is 1.12 bits per heavy atom. The third kappa shape index (κ3) is 5.71. The van der Waals surface area contributed by atoms with Crippen molar-refractivity contribution >= 4 is 17.6 Å². The van der Waals surface area contributed by atoms with E-state index in [1.54, 1.807) is 12.4 Å². The van der Waals surface area contributed by atoms with Gasteiger partial charge in [-0.25, -0.2) is 4.79 Å². The van der Waals surface area contributed by atoms with Crippen molar-refractivity contribution < 1.29 is 4.79 Å². The second kappa shape index (κ2) is 8.81. The van der Waals surface area contributed by atoms with E-state index in [0.29, 0.717) is 17.5 Å². The van der Waals surface area contributed by atoms with Gasteiger partial charge < -0.3 is 10.6 Å². The molecule has 1 saturated carbocycles. The zero-order chi connectivity index (χ0) is 17.5. The van der Waals surface area contributed by atoms with Crippen LogP contribution in [-0.2, 0) is 13.0 Å². The SMILES string of the molecule is O=C(NCc1ccc(Cl)cc1)NC1CCC(Cc2cnccn2)CC1. The molecule has 1 aromatic carbocycles. The van der Waals surface area contributed by atoms with Gasteiger partial charge in [0.15, 0.2) is 0 Å². The number of urea groups is 1. The zero-order valence-electron chi connectivity index (χ0n) is 14.1. The van der Waals surface area contributed by atoms with Gasteiger partial charge >= 0.3 is 6.03 Å². The monoisotopic (exact) mass is 358 g/mol. The predicted molar refractivity (Wildman–Crippen MR) is 98.3 cm³/mol. The average Bonchev–Trinajstić information content (AvgIpc) is 2.64. The molecule has 0 aliphatic heterocycles. The largest absolute Gasteiger partial charge is 0.335 e. The summed E-state index contributed by atoms with van der Waals surface area (Å²) in [5.41, 5.74) is 2.09. The highest BCUT2D eigenvalue weighted by atomic mass is 35.5. The Bertz CT molecular complexity index is 670. The molecule has 25 heavy (non-hydrogen) atoms. The summed E-state index contributed by atoms with van der Waals surface area (Å²) in [5, 5.41) is 6.69. The molecular formula is C19H23ClN4O. The van der Waals surface area contributed by atoms with E-state index in [0.717, 1.165) is 43.4 Å². The van der Waals surface area contributed by atoms with E-state index in [4.69, 9.17) is 11.6 Å². The number of hydrogen-bond acceptors (Lipinski definition) is 3. The summed E-state index contributed by atoms with van der Waals surface area (Å²) in [4.78, 5) is 20.5. The van der Waals surface area contributed by atoms with Gasteiger partial charge in [0.2, 0.25) is 0 Å². The molecular weight excluding hydrogens is 336 g/mol. The van der Waals surface area contributed by atoms with Gasteiger partial charge in [-0.3, -0.25) is 9.97 Å². The van der Waals surface area contributed by atoms with Crippen LogP contribution in [0.4, 0.5) is 4.79 Å². The van der Waals surface area contributed by atoms with E-state index in [1.807, 2.05) is 30.5 Å². The highest BCUT2D eigenvalue weighted by Crippen LogP contribution is 2.26. The molecule has 5 nitrogen and oxygen atoms in total. The third-order valence-electron chi connectivity index (χ3n) is 4.66. The average molecular weight is 359 g/mol. The molecule has 3 rings (SSSR count). The number of hydrogen-bond donors (Lipinski definition) is 2. The maximum atomic E-state index is 12.1. The van der Waals surface area contributed by atoms with Crippen LogP contribution in [0.1, 0.15) is 36.9 Å². The standard InChI is InChI=1S/C19H23ClN4O/c20-16-5-1-15(2-6-16)12-23-19(25)24-17-7-3-14(4-8-17)11-18-13-21-9-10-22-18/h1-2,5-6,9-10,13-14,17H,3-4,7-8,11-12H2,(H2,23,24,25). The number of benzene rings is 1. The van der Waals surface area contributed by atoms with Crippen molar-refractivity contribution in [2.45, 2.75) is 44.7 Å². The Balaban J connectivity index is 1.36. The zero-order valence-corrected chi connectivity index (χ0v) is 14.9. The third-order valence-corrected chi connectivity index (χ3v) is 4.91. The number of rotatable bonds is 5. The molecule has 0 atom stereocenters. The van der Waals surface area contributed by atoms with Gasteiger partial charge in [-0.2, -0.15) is 0 Å². The van der Waals surface area contributed by atoms with Crippen LogP contribution in [0.2, 0.25) is 5.02 Å². The first kappa shape index (κ1) is 17.7. The first-order valence-electron chi connectivity index (χ1n) is 8.73. The highest BCUT2D eigenvalue weighted by molar-refractivity contribution is 6.30. The summed E-state index contributed by atoms with van der Waals surface area (Å²) in [7, 11) is 0. The summed E-state index contributed by atoms with van der Waals surface area (Å²) in [6.45, 7) is 0.505. The van der Waals surface area contributed by atoms with Crippen molar-refractivity contribution in [1.29, 1.82) is 0 Å². The summed E-state index contributed by atoms with van der Waals surface area (Å²) < 4.78 is 0. The maximum Gasteiger partial charge on any atom is 0.315 e. The molecule has 0 radical (unpaired) electrons.